The normalized spacial score (nSPS) is 13.7. The van der Waals surface area contributed by atoms with Crippen LogP contribution in [0.4, 0.5) is 0 Å². The van der Waals surface area contributed by atoms with Crippen LogP contribution < -0.4 is 10.6 Å². The molecular formula is C23H39N4O9+. The van der Waals surface area contributed by atoms with E-state index in [4.69, 9.17) is 18.9 Å². The Morgan fingerprint density at radius 3 is 2.33 bits per heavy atom. The Morgan fingerprint density at radius 1 is 1.03 bits per heavy atom. The summed E-state index contributed by atoms with van der Waals surface area (Å²) in [6.45, 7) is 3.75. The van der Waals surface area contributed by atoms with Crippen LogP contribution in [0, 0.1) is 0 Å². The lowest BCUT2D eigenvalue weighted by Crippen LogP contribution is -2.45. The lowest BCUT2D eigenvalue weighted by atomic mass is 10.2. The smallest absolute Gasteiger partial charge is 0.415 e. The molecule has 0 bridgehead atoms. The fraction of sp³-hybridized carbons (Fsp3) is 0.696. The van der Waals surface area contributed by atoms with E-state index in [2.05, 4.69) is 10.6 Å². The molecule has 204 valence electrons. The van der Waals surface area contributed by atoms with E-state index in [0.29, 0.717) is 32.8 Å². The first-order valence-electron chi connectivity index (χ1n) is 11.8. The topological polar surface area (TPSA) is 156 Å². The van der Waals surface area contributed by atoms with Crippen LogP contribution >= 0.6 is 0 Å². The van der Waals surface area contributed by atoms with Gasteiger partial charge in [0.2, 0.25) is 17.7 Å². The van der Waals surface area contributed by atoms with E-state index in [1.54, 1.807) is 7.11 Å². The maximum Gasteiger partial charge on any atom is 0.415 e. The minimum Gasteiger partial charge on any atom is -0.460 e. The lowest BCUT2D eigenvalue weighted by Gasteiger charge is -2.24. The second kappa shape index (κ2) is 18.4. The minimum absolute atomic E-state index is 0.00140. The number of methoxy groups -OCH3 is 2. The molecular weight excluding hydrogens is 476 g/mol. The molecule has 0 aromatic rings. The number of aliphatic hydroxyl groups is 1. The number of carbonyl (C=O) groups excluding carboxylic acids is 4. The monoisotopic (exact) mass is 515 g/mol. The third-order valence-electron chi connectivity index (χ3n) is 5.09. The average Bonchev–Trinajstić information content (AvgIpc) is 3.17. The molecule has 0 radical (unpaired) electrons. The number of rotatable bonds is 20. The Labute approximate surface area is 211 Å². The second-order valence-electron chi connectivity index (χ2n) is 7.95. The molecule has 0 spiro atoms. The van der Waals surface area contributed by atoms with Crippen molar-refractivity contribution in [1.29, 1.82) is 0 Å². The van der Waals surface area contributed by atoms with Crippen molar-refractivity contribution in [2.24, 2.45) is 0 Å². The fourth-order valence-corrected chi connectivity index (χ4v) is 3.04. The van der Waals surface area contributed by atoms with E-state index in [1.165, 1.54) is 24.2 Å². The lowest BCUT2D eigenvalue weighted by molar-refractivity contribution is -0.447. The van der Waals surface area contributed by atoms with Crippen LogP contribution in [-0.2, 0) is 38.1 Å². The standard InChI is InChI=1S/C23H38N4O9/c1-18(36-15-13-34-3)6-10-26(23(32)17-35-14-12-33-2)16-20(29)25-9-8-24-19(28)7-11-27-21(30)4-5-22(27)31/h4-5,18H,6-17H2,1-3H3,(H2,24,25,28,29)/p+1. The van der Waals surface area contributed by atoms with Gasteiger partial charge in [-0.1, -0.05) is 0 Å². The Bertz CT molecular complexity index is 786. The summed E-state index contributed by atoms with van der Waals surface area (Å²) in [4.78, 5) is 49.8. The van der Waals surface area contributed by atoms with E-state index < -0.39 is 0 Å². The van der Waals surface area contributed by atoms with E-state index in [0.717, 1.165) is 4.58 Å². The third-order valence-corrected chi connectivity index (χ3v) is 5.09. The SMILES string of the molecule is COCCOCC(=O)N(CCC(C)OCCOC)CC(=O)NCCNC(=O)CC[N+]1=C(O)C=CC1=O. The molecule has 36 heavy (non-hydrogen) atoms. The molecule has 13 heteroatoms. The van der Waals surface area contributed by atoms with Gasteiger partial charge >= 0.3 is 11.8 Å². The number of amides is 4. The zero-order valence-electron chi connectivity index (χ0n) is 21.3. The van der Waals surface area contributed by atoms with Gasteiger partial charge in [0, 0.05) is 33.9 Å². The van der Waals surface area contributed by atoms with E-state index in [1.807, 2.05) is 6.92 Å². The Balaban J connectivity index is 2.39. The van der Waals surface area contributed by atoms with Crippen molar-refractivity contribution < 1.29 is 47.8 Å². The van der Waals surface area contributed by atoms with Gasteiger partial charge in [-0.05, 0) is 13.3 Å². The molecule has 1 heterocycles. The van der Waals surface area contributed by atoms with Crippen molar-refractivity contribution in [3.05, 3.63) is 12.2 Å². The summed E-state index contributed by atoms with van der Waals surface area (Å²) >= 11 is 0. The molecule has 0 saturated carbocycles. The van der Waals surface area contributed by atoms with Crippen LogP contribution in [-0.4, -0.2) is 130 Å². The van der Waals surface area contributed by atoms with Crippen molar-refractivity contribution in [2.45, 2.75) is 25.9 Å². The van der Waals surface area contributed by atoms with Crippen molar-refractivity contribution in [3.63, 3.8) is 0 Å². The van der Waals surface area contributed by atoms with Gasteiger partial charge in [0.25, 0.3) is 0 Å². The first kappa shape index (κ1) is 31.2. The predicted octanol–water partition coefficient (Wildman–Crippen LogP) is -1.39. The Hall–Kier alpha value is -2.87. The summed E-state index contributed by atoms with van der Waals surface area (Å²) in [5.74, 6) is -1.62. The molecule has 4 amide bonds. The van der Waals surface area contributed by atoms with Crippen LogP contribution in [0.3, 0.4) is 0 Å². The maximum atomic E-state index is 12.6. The van der Waals surface area contributed by atoms with Crippen LogP contribution in [0.15, 0.2) is 12.2 Å². The highest BCUT2D eigenvalue weighted by molar-refractivity contribution is 5.99. The summed E-state index contributed by atoms with van der Waals surface area (Å²) in [5, 5.41) is 14.8. The van der Waals surface area contributed by atoms with Crippen molar-refractivity contribution in [1.82, 2.24) is 15.5 Å². The summed E-state index contributed by atoms with van der Waals surface area (Å²) in [6.07, 6.45) is 2.89. The third kappa shape index (κ3) is 13.3. The summed E-state index contributed by atoms with van der Waals surface area (Å²) in [7, 11) is 3.12. The quantitative estimate of drug-likeness (QED) is 0.131. The van der Waals surface area contributed by atoms with E-state index in [-0.39, 0.29) is 81.4 Å². The van der Waals surface area contributed by atoms with Gasteiger partial charge in [-0.25, -0.2) is 4.79 Å². The largest absolute Gasteiger partial charge is 0.460 e. The molecule has 1 atom stereocenters. The summed E-state index contributed by atoms with van der Waals surface area (Å²) < 4.78 is 21.8. The Kier molecular flexibility index (Phi) is 15.9. The molecule has 13 nitrogen and oxygen atoms in total. The summed E-state index contributed by atoms with van der Waals surface area (Å²) in [6, 6.07) is 0. The number of hydrogen-bond donors (Lipinski definition) is 3. The zero-order valence-corrected chi connectivity index (χ0v) is 21.3. The van der Waals surface area contributed by atoms with Gasteiger partial charge in [-0.2, -0.15) is 0 Å². The number of carbonyl (C=O) groups is 4. The van der Waals surface area contributed by atoms with Gasteiger partial charge in [0.05, 0.1) is 57.6 Å². The Morgan fingerprint density at radius 2 is 1.69 bits per heavy atom. The molecule has 0 aromatic carbocycles. The second-order valence-corrected chi connectivity index (χ2v) is 7.95. The average molecular weight is 516 g/mol. The fourth-order valence-electron chi connectivity index (χ4n) is 3.04. The maximum absolute atomic E-state index is 12.6. The highest BCUT2D eigenvalue weighted by Crippen LogP contribution is 2.02. The van der Waals surface area contributed by atoms with Crippen molar-refractivity contribution in [3.8, 4) is 0 Å². The van der Waals surface area contributed by atoms with E-state index in [9.17, 15) is 24.3 Å². The molecule has 1 rings (SSSR count). The molecule has 0 aromatic heterocycles. The highest BCUT2D eigenvalue weighted by Gasteiger charge is 2.26. The molecule has 1 aliphatic rings. The molecule has 3 N–H and O–H groups in total. The zero-order chi connectivity index (χ0) is 26.8. The van der Waals surface area contributed by atoms with Gasteiger partial charge in [-0.3, -0.25) is 14.4 Å². The van der Waals surface area contributed by atoms with Gasteiger partial charge < -0.3 is 39.6 Å². The van der Waals surface area contributed by atoms with Crippen molar-refractivity contribution in [2.75, 3.05) is 80.0 Å². The molecule has 1 unspecified atom stereocenters. The molecule has 0 saturated heterocycles. The molecule has 0 fully saturated rings. The summed E-state index contributed by atoms with van der Waals surface area (Å²) in [5.41, 5.74) is 0. The molecule has 0 aliphatic carbocycles. The number of nitrogens with zero attached hydrogens (tertiary/aromatic N) is 2. The van der Waals surface area contributed by atoms with Gasteiger partial charge in [-0.15, -0.1) is 4.58 Å². The molecule has 1 aliphatic heterocycles. The van der Waals surface area contributed by atoms with Gasteiger partial charge in [0.15, 0.2) is 6.54 Å². The predicted molar refractivity (Wildman–Crippen MR) is 129 cm³/mol. The van der Waals surface area contributed by atoms with Crippen LogP contribution in [0.25, 0.3) is 0 Å². The van der Waals surface area contributed by atoms with Gasteiger partial charge in [0.1, 0.15) is 6.61 Å². The first-order chi connectivity index (χ1) is 17.3. The first-order valence-corrected chi connectivity index (χ1v) is 11.8. The van der Waals surface area contributed by atoms with E-state index >= 15 is 0 Å². The van der Waals surface area contributed by atoms with Crippen LogP contribution in [0.2, 0.25) is 0 Å². The highest BCUT2D eigenvalue weighted by atomic mass is 16.5. The van der Waals surface area contributed by atoms with Crippen LogP contribution in [0.1, 0.15) is 19.8 Å². The number of hydrogen-bond acceptors (Lipinski definition) is 8. The minimum atomic E-state index is -0.383. The van der Waals surface area contributed by atoms with Crippen LogP contribution in [0.5, 0.6) is 0 Å². The number of nitrogens with one attached hydrogen (secondary N) is 2. The number of aliphatic hydroxyl groups excluding tert-OH is 1. The van der Waals surface area contributed by atoms with Crippen molar-refractivity contribution >= 4 is 29.5 Å². The number of ether oxygens (including phenoxy) is 4.